The number of carbonyl (C=O) groups excluding carboxylic acids is 1. The van der Waals surface area contributed by atoms with Gasteiger partial charge >= 0.3 is 0 Å². The lowest BCUT2D eigenvalue weighted by atomic mass is 10.1. The zero-order valence-electron chi connectivity index (χ0n) is 13.4. The van der Waals surface area contributed by atoms with Gasteiger partial charge in [0, 0.05) is 37.1 Å². The van der Waals surface area contributed by atoms with Crippen LogP contribution in [-0.2, 0) is 13.6 Å². The molecule has 0 bridgehead atoms. The molecule has 0 radical (unpaired) electrons. The third-order valence-electron chi connectivity index (χ3n) is 3.72. The molecule has 3 N–H and O–H groups in total. The van der Waals surface area contributed by atoms with Crippen LogP contribution in [0.5, 0.6) is 0 Å². The molecule has 126 valence electrons. The van der Waals surface area contributed by atoms with E-state index in [0.717, 1.165) is 16.7 Å². The maximum atomic E-state index is 12.3. The van der Waals surface area contributed by atoms with Crippen LogP contribution < -0.4 is 11.1 Å². The largest absolute Gasteiger partial charge is 0.366 e. The summed E-state index contributed by atoms with van der Waals surface area (Å²) >= 11 is 1.40. The Balaban J connectivity index is 1.51. The normalized spacial score (nSPS) is 11.1. The molecule has 8 nitrogen and oxygen atoms in total. The number of carbonyl (C=O) groups is 1. The van der Waals surface area contributed by atoms with Gasteiger partial charge < -0.3 is 11.1 Å². The van der Waals surface area contributed by atoms with E-state index in [2.05, 4.69) is 20.5 Å². The van der Waals surface area contributed by atoms with Crippen LogP contribution in [0, 0.1) is 0 Å². The molecule has 9 heteroatoms. The number of hydrogen-bond acceptors (Lipinski definition) is 6. The predicted molar refractivity (Wildman–Crippen MR) is 95.1 cm³/mol. The van der Waals surface area contributed by atoms with Crippen molar-refractivity contribution in [1.29, 1.82) is 0 Å². The molecule has 0 saturated heterocycles. The van der Waals surface area contributed by atoms with Gasteiger partial charge in [-0.15, -0.1) is 16.4 Å². The second kappa shape index (κ2) is 6.02. The molecule has 0 fully saturated rings. The van der Waals surface area contributed by atoms with Crippen molar-refractivity contribution >= 4 is 28.8 Å². The van der Waals surface area contributed by atoms with Gasteiger partial charge in [0.05, 0.1) is 11.1 Å². The molecular formula is C16H15N7OS. The fraction of sp³-hybridized carbons (Fsp3) is 0.125. The quantitative estimate of drug-likeness (QED) is 0.581. The van der Waals surface area contributed by atoms with Gasteiger partial charge in [-0.25, -0.2) is 4.52 Å². The Labute approximate surface area is 146 Å². The molecular weight excluding hydrogens is 338 g/mol. The summed E-state index contributed by atoms with van der Waals surface area (Å²) in [5.41, 5.74) is 9.15. The lowest BCUT2D eigenvalue weighted by molar-refractivity contribution is 0.0955. The lowest BCUT2D eigenvalue weighted by Gasteiger charge is -2.01. The summed E-state index contributed by atoms with van der Waals surface area (Å²) in [5.74, 6) is 0.129. The molecule has 0 spiro atoms. The average molecular weight is 353 g/mol. The molecule has 25 heavy (non-hydrogen) atoms. The Morgan fingerprint density at radius 3 is 3.00 bits per heavy atom. The van der Waals surface area contributed by atoms with Gasteiger partial charge in [-0.2, -0.15) is 10.1 Å². The lowest BCUT2D eigenvalue weighted by Crippen LogP contribution is -2.21. The van der Waals surface area contributed by atoms with E-state index < -0.39 is 0 Å². The Kier molecular flexibility index (Phi) is 3.69. The van der Waals surface area contributed by atoms with Gasteiger partial charge in [0.2, 0.25) is 5.95 Å². The van der Waals surface area contributed by atoms with Crippen LogP contribution in [0.3, 0.4) is 0 Å². The van der Waals surface area contributed by atoms with Crippen LogP contribution in [0.15, 0.2) is 42.2 Å². The highest BCUT2D eigenvalue weighted by Crippen LogP contribution is 2.26. The summed E-state index contributed by atoms with van der Waals surface area (Å²) in [7, 11) is 1.84. The minimum Gasteiger partial charge on any atom is -0.366 e. The van der Waals surface area contributed by atoms with Crippen LogP contribution in [0.1, 0.15) is 15.2 Å². The van der Waals surface area contributed by atoms with Crippen molar-refractivity contribution < 1.29 is 4.79 Å². The molecule has 0 aliphatic rings. The minimum atomic E-state index is -0.105. The summed E-state index contributed by atoms with van der Waals surface area (Å²) in [4.78, 5) is 17.1. The molecule has 0 saturated carbocycles. The summed E-state index contributed by atoms with van der Waals surface area (Å²) in [6, 6.07) is 5.64. The molecule has 0 atom stereocenters. The third-order valence-corrected chi connectivity index (χ3v) is 4.64. The van der Waals surface area contributed by atoms with Crippen molar-refractivity contribution in [3.8, 4) is 11.1 Å². The van der Waals surface area contributed by atoms with E-state index in [1.807, 2.05) is 43.0 Å². The molecule has 0 aromatic carbocycles. The van der Waals surface area contributed by atoms with Crippen molar-refractivity contribution in [2.24, 2.45) is 7.05 Å². The number of nitrogens with zero attached hydrogens (tertiary/aromatic N) is 5. The topological polar surface area (TPSA) is 103 Å². The number of aryl methyl sites for hydroxylation is 1. The van der Waals surface area contributed by atoms with Gasteiger partial charge in [-0.3, -0.25) is 9.48 Å². The molecule has 0 aliphatic carbocycles. The monoisotopic (exact) mass is 353 g/mol. The zero-order chi connectivity index (χ0) is 17.4. The van der Waals surface area contributed by atoms with Crippen LogP contribution in [0.25, 0.3) is 16.8 Å². The van der Waals surface area contributed by atoms with Crippen molar-refractivity contribution in [3.63, 3.8) is 0 Å². The number of pyridine rings is 1. The van der Waals surface area contributed by atoms with Crippen LogP contribution in [0.4, 0.5) is 5.95 Å². The number of nitrogens with two attached hydrogens (primary N) is 1. The highest BCUT2D eigenvalue weighted by Gasteiger charge is 2.11. The predicted octanol–water partition coefficient (Wildman–Crippen LogP) is 1.70. The summed E-state index contributed by atoms with van der Waals surface area (Å²) < 4.78 is 3.34. The maximum Gasteiger partial charge on any atom is 0.261 e. The summed E-state index contributed by atoms with van der Waals surface area (Å²) in [6.45, 7) is 0.449. The summed E-state index contributed by atoms with van der Waals surface area (Å²) in [6.07, 6.45) is 5.45. The highest BCUT2D eigenvalue weighted by molar-refractivity contribution is 7.12. The molecule has 4 rings (SSSR count). The Morgan fingerprint density at radius 2 is 2.20 bits per heavy atom. The Hall–Kier alpha value is -3.20. The van der Waals surface area contributed by atoms with E-state index in [9.17, 15) is 4.79 Å². The van der Waals surface area contributed by atoms with E-state index in [4.69, 9.17) is 5.73 Å². The molecule has 4 aromatic rings. The number of thiophene rings is 1. The fourth-order valence-corrected chi connectivity index (χ4v) is 3.34. The third kappa shape index (κ3) is 3.09. The highest BCUT2D eigenvalue weighted by atomic mass is 32.1. The first kappa shape index (κ1) is 15.3. The fourth-order valence-electron chi connectivity index (χ4n) is 2.51. The van der Waals surface area contributed by atoms with Crippen molar-refractivity contribution in [2.75, 3.05) is 5.73 Å². The number of fused-ring (bicyclic) bond motifs is 1. The summed E-state index contributed by atoms with van der Waals surface area (Å²) in [5, 5.41) is 13.0. The minimum absolute atomic E-state index is 0.105. The Bertz CT molecular complexity index is 1060. The number of nitrogens with one attached hydrogen (secondary N) is 1. The average Bonchev–Trinajstić information content (AvgIpc) is 3.30. The molecule has 4 heterocycles. The van der Waals surface area contributed by atoms with E-state index in [1.165, 1.54) is 11.3 Å². The van der Waals surface area contributed by atoms with Crippen molar-refractivity contribution in [3.05, 3.63) is 52.6 Å². The molecule has 0 unspecified atom stereocenters. The maximum absolute atomic E-state index is 12.3. The first-order chi connectivity index (χ1) is 12.1. The van der Waals surface area contributed by atoms with Gasteiger partial charge in [0.15, 0.2) is 5.65 Å². The first-order valence-corrected chi connectivity index (χ1v) is 8.43. The standard InChI is InChI=1S/C16H15N7OS/c1-22-7-10(6-19-22)5-18-15(24)13-4-12(9-25-13)11-2-3-14-20-16(17)21-23(14)8-11/h2-4,6-9H,5H2,1H3,(H2,17,21)(H,18,24). The second-order valence-electron chi connectivity index (χ2n) is 5.60. The van der Waals surface area contributed by atoms with E-state index in [-0.39, 0.29) is 11.9 Å². The number of hydrogen-bond donors (Lipinski definition) is 2. The number of aromatic nitrogens is 5. The van der Waals surface area contributed by atoms with E-state index in [0.29, 0.717) is 17.1 Å². The smallest absolute Gasteiger partial charge is 0.261 e. The number of amides is 1. The zero-order valence-corrected chi connectivity index (χ0v) is 14.2. The van der Waals surface area contributed by atoms with Gasteiger partial charge in [0.1, 0.15) is 0 Å². The Morgan fingerprint density at radius 1 is 1.32 bits per heavy atom. The van der Waals surface area contributed by atoms with Crippen molar-refractivity contribution in [2.45, 2.75) is 6.54 Å². The number of nitrogen functional groups attached to an aromatic ring is 1. The second-order valence-corrected chi connectivity index (χ2v) is 6.51. The van der Waals surface area contributed by atoms with Crippen LogP contribution in [0.2, 0.25) is 0 Å². The number of rotatable bonds is 4. The van der Waals surface area contributed by atoms with Crippen LogP contribution >= 0.6 is 11.3 Å². The van der Waals surface area contributed by atoms with E-state index in [1.54, 1.807) is 15.4 Å². The van der Waals surface area contributed by atoms with Crippen molar-refractivity contribution in [1.82, 2.24) is 29.7 Å². The van der Waals surface area contributed by atoms with Crippen LogP contribution in [-0.4, -0.2) is 30.3 Å². The first-order valence-electron chi connectivity index (χ1n) is 7.55. The molecule has 4 aromatic heterocycles. The number of anilines is 1. The molecule has 0 aliphatic heterocycles. The van der Waals surface area contributed by atoms with Gasteiger partial charge in [-0.05, 0) is 29.1 Å². The van der Waals surface area contributed by atoms with Gasteiger partial charge in [-0.1, -0.05) is 0 Å². The SMILES string of the molecule is Cn1cc(CNC(=O)c2cc(-c3ccc4nc(N)nn4c3)cs2)cn1. The van der Waals surface area contributed by atoms with E-state index >= 15 is 0 Å². The molecule has 1 amide bonds. The van der Waals surface area contributed by atoms with Gasteiger partial charge in [0.25, 0.3) is 5.91 Å².